The summed E-state index contributed by atoms with van der Waals surface area (Å²) in [6.45, 7) is 0.0177. The Morgan fingerprint density at radius 3 is 3.06 bits per heavy atom. The van der Waals surface area contributed by atoms with E-state index in [1.165, 1.54) is 0 Å². The highest BCUT2D eigenvalue weighted by Crippen LogP contribution is 2.29. The van der Waals surface area contributed by atoms with Crippen LogP contribution in [-0.4, -0.2) is 22.6 Å². The van der Waals surface area contributed by atoms with Gasteiger partial charge in [-0.05, 0) is 18.2 Å². The molecule has 0 aliphatic heterocycles. The van der Waals surface area contributed by atoms with Crippen molar-refractivity contribution in [3.63, 3.8) is 0 Å². The molecule has 0 saturated heterocycles. The number of fused-ring (bicyclic) bond motifs is 1. The van der Waals surface area contributed by atoms with Gasteiger partial charge in [0, 0.05) is 16.1 Å². The number of pyridine rings is 1. The van der Waals surface area contributed by atoms with Crippen molar-refractivity contribution in [3.8, 4) is 5.75 Å². The second kappa shape index (κ2) is 5.01. The second-order valence-electron chi connectivity index (χ2n) is 3.33. The number of rotatable bonds is 3. The van der Waals surface area contributed by atoms with Crippen molar-refractivity contribution in [2.45, 2.75) is 0 Å². The van der Waals surface area contributed by atoms with Crippen LogP contribution in [0.25, 0.3) is 10.9 Å². The first-order chi connectivity index (χ1) is 8.22. The molecule has 0 aliphatic carbocycles. The molecule has 0 aliphatic rings. The van der Waals surface area contributed by atoms with Gasteiger partial charge < -0.3 is 15.7 Å². The Labute approximate surface area is 106 Å². The fourth-order valence-corrected chi connectivity index (χ4v) is 1.86. The minimum atomic E-state index is 0.0111. The Kier molecular flexibility index (Phi) is 3.43. The van der Waals surface area contributed by atoms with Crippen LogP contribution in [0.15, 0.2) is 40.1 Å². The van der Waals surface area contributed by atoms with Crippen LogP contribution in [0.5, 0.6) is 5.75 Å². The van der Waals surface area contributed by atoms with E-state index in [1.54, 1.807) is 12.3 Å². The zero-order valence-electron chi connectivity index (χ0n) is 8.80. The van der Waals surface area contributed by atoms with Crippen LogP contribution in [0, 0.1) is 0 Å². The van der Waals surface area contributed by atoms with Gasteiger partial charge in [0.05, 0.1) is 0 Å². The van der Waals surface area contributed by atoms with Crippen molar-refractivity contribution in [3.05, 3.63) is 34.9 Å². The number of ether oxygens (including phenoxy) is 1. The summed E-state index contributed by atoms with van der Waals surface area (Å²) in [6, 6.07) is 7.43. The van der Waals surface area contributed by atoms with E-state index in [9.17, 15) is 0 Å². The number of halogens is 1. The van der Waals surface area contributed by atoms with Gasteiger partial charge in [-0.25, -0.2) is 0 Å². The maximum Gasteiger partial charge on any atom is 0.177 e. The van der Waals surface area contributed by atoms with Crippen LogP contribution in [0.4, 0.5) is 0 Å². The fourth-order valence-electron chi connectivity index (χ4n) is 1.41. The first-order valence-corrected chi connectivity index (χ1v) is 5.64. The molecule has 5 nitrogen and oxygen atoms in total. The molecule has 0 amide bonds. The van der Waals surface area contributed by atoms with Crippen LogP contribution in [0.2, 0.25) is 0 Å². The van der Waals surface area contributed by atoms with E-state index in [4.69, 9.17) is 15.7 Å². The lowest BCUT2D eigenvalue weighted by Gasteiger charge is -2.08. The molecule has 1 aromatic carbocycles. The monoisotopic (exact) mass is 295 g/mol. The lowest BCUT2D eigenvalue weighted by Crippen LogP contribution is -2.20. The molecule has 1 aromatic heterocycles. The number of amidine groups is 1. The second-order valence-corrected chi connectivity index (χ2v) is 4.18. The third-order valence-corrected chi connectivity index (χ3v) is 2.87. The minimum absolute atomic E-state index is 0.0111. The lowest BCUT2D eigenvalue weighted by molar-refractivity contribution is 0.307. The quantitative estimate of drug-likeness (QED) is 0.393. The highest BCUT2D eigenvalue weighted by Gasteiger charge is 2.06. The van der Waals surface area contributed by atoms with E-state index in [-0.39, 0.29) is 12.4 Å². The van der Waals surface area contributed by atoms with Gasteiger partial charge >= 0.3 is 0 Å². The van der Waals surface area contributed by atoms with Crippen molar-refractivity contribution in [1.82, 2.24) is 4.98 Å². The molecule has 0 atom stereocenters. The Morgan fingerprint density at radius 2 is 2.29 bits per heavy atom. The molecule has 6 heteroatoms. The Hall–Kier alpha value is -1.82. The summed E-state index contributed by atoms with van der Waals surface area (Å²) in [5, 5.41) is 12.2. The summed E-state index contributed by atoms with van der Waals surface area (Å²) in [6.07, 6.45) is 1.69. The lowest BCUT2D eigenvalue weighted by atomic mass is 10.2. The largest absolute Gasteiger partial charge is 0.483 e. The average Bonchev–Trinajstić information content (AvgIpc) is 2.38. The molecule has 0 saturated carbocycles. The topological polar surface area (TPSA) is 80.7 Å². The summed E-state index contributed by atoms with van der Waals surface area (Å²) in [4.78, 5) is 4.25. The van der Waals surface area contributed by atoms with Gasteiger partial charge in [0.1, 0.15) is 17.9 Å². The molecule has 1 heterocycles. The molecule has 2 aromatic rings. The number of oxime groups is 1. The molecular formula is C11H10BrN3O2. The van der Waals surface area contributed by atoms with E-state index in [1.807, 2.05) is 18.2 Å². The Balaban J connectivity index is 2.38. The van der Waals surface area contributed by atoms with Crippen LogP contribution in [0.3, 0.4) is 0 Å². The van der Waals surface area contributed by atoms with Gasteiger partial charge in [-0.2, -0.15) is 0 Å². The zero-order valence-corrected chi connectivity index (χ0v) is 10.4. The van der Waals surface area contributed by atoms with Gasteiger partial charge in [0.2, 0.25) is 0 Å². The van der Waals surface area contributed by atoms with E-state index in [0.29, 0.717) is 5.75 Å². The molecule has 0 spiro atoms. The Morgan fingerprint density at radius 1 is 1.47 bits per heavy atom. The van der Waals surface area contributed by atoms with Crippen molar-refractivity contribution < 1.29 is 9.94 Å². The summed E-state index contributed by atoms with van der Waals surface area (Å²) >= 11 is 3.44. The molecule has 0 radical (unpaired) electrons. The number of hydrogen-bond donors (Lipinski definition) is 2. The first kappa shape index (κ1) is 11.7. The van der Waals surface area contributed by atoms with Crippen LogP contribution in [-0.2, 0) is 0 Å². The normalized spacial score (nSPS) is 11.7. The van der Waals surface area contributed by atoms with Gasteiger partial charge in [0.25, 0.3) is 0 Å². The van der Waals surface area contributed by atoms with Gasteiger partial charge in [-0.15, -0.1) is 0 Å². The van der Waals surface area contributed by atoms with Crippen molar-refractivity contribution >= 4 is 32.7 Å². The van der Waals surface area contributed by atoms with Crippen LogP contribution in [0.1, 0.15) is 0 Å². The van der Waals surface area contributed by atoms with Crippen molar-refractivity contribution in [2.24, 2.45) is 10.9 Å². The molecule has 0 unspecified atom stereocenters. The molecule has 88 valence electrons. The third-order valence-electron chi connectivity index (χ3n) is 2.18. The molecular weight excluding hydrogens is 286 g/mol. The standard InChI is InChI=1S/C11H10BrN3O2/c12-8-3-4-9(17-6-10(13)15-16)11-7(8)2-1-5-14-11/h1-5,16H,6H2,(H2,13,15). The number of aromatic nitrogens is 1. The first-order valence-electron chi connectivity index (χ1n) is 4.85. The van der Waals surface area contributed by atoms with Gasteiger partial charge in [0.15, 0.2) is 5.84 Å². The molecule has 3 N–H and O–H groups in total. The third kappa shape index (κ3) is 2.47. The number of hydrogen-bond acceptors (Lipinski definition) is 4. The summed E-state index contributed by atoms with van der Waals surface area (Å²) in [7, 11) is 0. The van der Waals surface area contributed by atoms with E-state index in [0.717, 1.165) is 15.4 Å². The zero-order chi connectivity index (χ0) is 12.3. The highest BCUT2D eigenvalue weighted by molar-refractivity contribution is 9.10. The van der Waals surface area contributed by atoms with E-state index >= 15 is 0 Å². The van der Waals surface area contributed by atoms with Crippen molar-refractivity contribution in [1.29, 1.82) is 0 Å². The van der Waals surface area contributed by atoms with Crippen LogP contribution >= 0.6 is 15.9 Å². The molecule has 0 bridgehead atoms. The predicted molar refractivity (Wildman–Crippen MR) is 68.3 cm³/mol. The van der Waals surface area contributed by atoms with Gasteiger partial charge in [-0.1, -0.05) is 27.2 Å². The molecule has 17 heavy (non-hydrogen) atoms. The number of nitrogens with zero attached hydrogens (tertiary/aromatic N) is 2. The maximum atomic E-state index is 8.43. The van der Waals surface area contributed by atoms with E-state index < -0.39 is 0 Å². The minimum Gasteiger partial charge on any atom is -0.483 e. The molecule has 2 rings (SSSR count). The van der Waals surface area contributed by atoms with Crippen molar-refractivity contribution in [2.75, 3.05) is 6.61 Å². The smallest absolute Gasteiger partial charge is 0.177 e. The number of benzene rings is 1. The van der Waals surface area contributed by atoms with E-state index in [2.05, 4.69) is 26.1 Å². The maximum absolute atomic E-state index is 8.43. The summed E-state index contributed by atoms with van der Waals surface area (Å²) < 4.78 is 6.37. The average molecular weight is 296 g/mol. The fraction of sp³-hybridized carbons (Fsp3) is 0.0909. The Bertz CT molecular complexity index is 572. The SMILES string of the molecule is N/C(COc1ccc(Br)c2cccnc12)=N\O. The number of nitrogens with two attached hydrogens (primary N) is 1. The van der Waals surface area contributed by atoms with Crippen LogP contribution < -0.4 is 10.5 Å². The molecule has 0 fully saturated rings. The van der Waals surface area contributed by atoms with Gasteiger partial charge in [-0.3, -0.25) is 4.98 Å². The summed E-state index contributed by atoms with van der Waals surface area (Å²) in [5.74, 6) is 0.604. The predicted octanol–water partition coefficient (Wildman–Crippen LogP) is 2.12. The highest BCUT2D eigenvalue weighted by atomic mass is 79.9. The summed E-state index contributed by atoms with van der Waals surface area (Å²) in [5.41, 5.74) is 6.07.